The van der Waals surface area contributed by atoms with Crippen molar-refractivity contribution < 1.29 is 14.7 Å². The third-order valence-electron chi connectivity index (χ3n) is 1.13. The fourth-order valence-corrected chi connectivity index (χ4v) is 1.20. The molecular formula is C6H8N4O3S. The molecule has 0 aliphatic rings. The highest BCUT2D eigenvalue weighted by atomic mass is 32.1. The Balaban J connectivity index is 2.94. The maximum absolute atomic E-state index is 10.7. The minimum atomic E-state index is -1.23. The molecule has 0 atom stereocenters. The van der Waals surface area contributed by atoms with Crippen LogP contribution >= 0.6 is 11.5 Å². The molecule has 14 heavy (non-hydrogen) atoms. The van der Waals surface area contributed by atoms with E-state index in [0.29, 0.717) is 0 Å². The zero-order valence-corrected chi connectivity index (χ0v) is 8.11. The Hall–Kier alpha value is -1.70. The summed E-state index contributed by atoms with van der Waals surface area (Å²) in [5, 5.41) is 12.3. The number of nitrogens with zero attached hydrogens (tertiary/aromatic N) is 3. The molecule has 1 aromatic heterocycles. The van der Waals surface area contributed by atoms with Gasteiger partial charge in [0.15, 0.2) is 5.01 Å². The molecule has 0 aliphatic carbocycles. The van der Waals surface area contributed by atoms with E-state index >= 15 is 0 Å². The van der Waals surface area contributed by atoms with Crippen LogP contribution in [0.4, 0.5) is 5.95 Å². The van der Waals surface area contributed by atoms with E-state index in [0.717, 1.165) is 11.5 Å². The smallest absolute Gasteiger partial charge is 0.361 e. The van der Waals surface area contributed by atoms with E-state index < -0.39 is 5.97 Å². The lowest BCUT2D eigenvalue weighted by molar-refractivity contribution is -0.129. The number of oxime groups is 1. The van der Waals surface area contributed by atoms with Crippen molar-refractivity contribution in [1.82, 2.24) is 9.36 Å². The molecule has 0 aliphatic heterocycles. The van der Waals surface area contributed by atoms with Gasteiger partial charge < -0.3 is 15.7 Å². The quantitative estimate of drug-likeness (QED) is 0.539. The molecule has 1 heterocycles. The van der Waals surface area contributed by atoms with E-state index in [1.54, 1.807) is 6.92 Å². The van der Waals surface area contributed by atoms with Gasteiger partial charge in [-0.15, -0.1) is 0 Å². The lowest BCUT2D eigenvalue weighted by Gasteiger charge is -1.95. The van der Waals surface area contributed by atoms with Crippen molar-refractivity contribution in [1.29, 1.82) is 0 Å². The van der Waals surface area contributed by atoms with Crippen LogP contribution in [0.15, 0.2) is 5.16 Å². The third kappa shape index (κ3) is 2.39. The van der Waals surface area contributed by atoms with E-state index in [1.165, 1.54) is 0 Å². The van der Waals surface area contributed by atoms with Gasteiger partial charge >= 0.3 is 5.97 Å². The lowest BCUT2D eigenvalue weighted by Crippen LogP contribution is -2.15. The molecule has 0 unspecified atom stereocenters. The van der Waals surface area contributed by atoms with E-state index in [1.807, 2.05) is 0 Å². The molecule has 1 aromatic rings. The summed E-state index contributed by atoms with van der Waals surface area (Å²) < 4.78 is 3.64. The van der Waals surface area contributed by atoms with Gasteiger partial charge in [0.25, 0.3) is 0 Å². The Labute approximate surface area is 83.4 Å². The lowest BCUT2D eigenvalue weighted by atomic mass is 10.4. The number of aromatic nitrogens is 2. The third-order valence-corrected chi connectivity index (χ3v) is 1.87. The number of carbonyl (C=O) groups is 1. The summed E-state index contributed by atoms with van der Waals surface area (Å²) in [5.74, 6) is -1.20. The monoisotopic (exact) mass is 216 g/mol. The maximum atomic E-state index is 10.7. The van der Waals surface area contributed by atoms with E-state index in [9.17, 15) is 4.79 Å². The standard InChI is InChI=1S/C6H8N4O3S/c1-2-13-9-3(5(11)12)4-8-6(7)10-14-4/h2H2,1H3,(H2,7,10)(H,11,12). The second-order valence-electron chi connectivity index (χ2n) is 2.12. The maximum Gasteiger partial charge on any atom is 0.361 e. The summed E-state index contributed by atoms with van der Waals surface area (Å²) in [5.41, 5.74) is 4.95. The SMILES string of the molecule is CCON=C(C(=O)O)c1nc(N)ns1. The van der Waals surface area contributed by atoms with Crippen LogP contribution in [0, 0.1) is 0 Å². The number of carboxylic acid groups (broad SMARTS) is 1. The number of carboxylic acids is 1. The topological polar surface area (TPSA) is 111 Å². The molecule has 0 bridgehead atoms. The van der Waals surface area contributed by atoms with Crippen molar-refractivity contribution in [3.8, 4) is 0 Å². The summed E-state index contributed by atoms with van der Waals surface area (Å²) in [4.78, 5) is 19.0. The number of nitrogen functional groups attached to an aromatic ring is 1. The Morgan fingerprint density at radius 2 is 2.50 bits per heavy atom. The Morgan fingerprint density at radius 3 is 2.93 bits per heavy atom. The van der Waals surface area contributed by atoms with Gasteiger partial charge in [-0.1, -0.05) is 5.16 Å². The molecule has 0 spiro atoms. The summed E-state index contributed by atoms with van der Waals surface area (Å²) in [6, 6.07) is 0. The van der Waals surface area contributed by atoms with Crippen LogP contribution in [0.3, 0.4) is 0 Å². The van der Waals surface area contributed by atoms with Gasteiger partial charge in [-0.05, 0) is 18.5 Å². The molecule has 0 radical (unpaired) electrons. The summed E-state index contributed by atoms with van der Waals surface area (Å²) in [6.07, 6.45) is 0. The van der Waals surface area contributed by atoms with Crippen LogP contribution in [0.5, 0.6) is 0 Å². The molecule has 0 aromatic carbocycles. The van der Waals surface area contributed by atoms with Gasteiger partial charge in [-0.25, -0.2) is 4.79 Å². The zero-order valence-electron chi connectivity index (χ0n) is 7.30. The van der Waals surface area contributed by atoms with Crippen LogP contribution in [-0.2, 0) is 9.63 Å². The van der Waals surface area contributed by atoms with Crippen molar-refractivity contribution in [2.24, 2.45) is 5.16 Å². The predicted octanol–water partition coefficient (Wildman–Crippen LogP) is -0.0545. The van der Waals surface area contributed by atoms with E-state index in [4.69, 9.17) is 10.8 Å². The van der Waals surface area contributed by atoms with Crippen molar-refractivity contribution in [2.45, 2.75) is 6.92 Å². The van der Waals surface area contributed by atoms with Gasteiger partial charge in [0.05, 0.1) is 0 Å². The first kappa shape index (κ1) is 10.4. The first-order valence-electron chi connectivity index (χ1n) is 3.68. The fraction of sp³-hybridized carbons (Fsp3) is 0.333. The molecule has 3 N–H and O–H groups in total. The Bertz CT molecular complexity index is 362. The van der Waals surface area contributed by atoms with Crippen molar-refractivity contribution in [3.05, 3.63) is 5.01 Å². The average Bonchev–Trinajstić information content (AvgIpc) is 2.52. The van der Waals surface area contributed by atoms with Gasteiger partial charge in [0.2, 0.25) is 11.7 Å². The molecule has 0 fully saturated rings. The summed E-state index contributed by atoms with van der Waals surface area (Å²) >= 11 is 0.859. The number of anilines is 1. The second kappa shape index (κ2) is 4.51. The molecule has 0 saturated carbocycles. The van der Waals surface area contributed by atoms with E-state index in [2.05, 4.69) is 19.4 Å². The minimum Gasteiger partial charge on any atom is -0.476 e. The fourth-order valence-electron chi connectivity index (χ4n) is 0.630. The minimum absolute atomic E-state index is 0.0236. The van der Waals surface area contributed by atoms with E-state index in [-0.39, 0.29) is 23.3 Å². The van der Waals surface area contributed by atoms with Crippen molar-refractivity contribution in [3.63, 3.8) is 0 Å². The highest BCUT2D eigenvalue weighted by molar-refractivity contribution is 7.09. The molecule has 76 valence electrons. The highest BCUT2D eigenvalue weighted by Crippen LogP contribution is 2.07. The van der Waals surface area contributed by atoms with Crippen molar-refractivity contribution in [2.75, 3.05) is 12.3 Å². The number of hydrogen-bond acceptors (Lipinski definition) is 7. The largest absolute Gasteiger partial charge is 0.476 e. The molecular weight excluding hydrogens is 208 g/mol. The first-order chi connectivity index (χ1) is 6.65. The van der Waals surface area contributed by atoms with Crippen LogP contribution in [0.1, 0.15) is 11.9 Å². The van der Waals surface area contributed by atoms with Crippen molar-refractivity contribution >= 4 is 29.2 Å². The number of nitrogens with two attached hydrogens (primary N) is 1. The van der Waals surface area contributed by atoms with Gasteiger partial charge in [0.1, 0.15) is 6.61 Å². The van der Waals surface area contributed by atoms with Gasteiger partial charge in [-0.3, -0.25) is 0 Å². The second-order valence-corrected chi connectivity index (χ2v) is 2.87. The van der Waals surface area contributed by atoms with Crippen LogP contribution in [-0.4, -0.2) is 32.8 Å². The van der Waals surface area contributed by atoms with Gasteiger partial charge in [-0.2, -0.15) is 9.36 Å². The normalized spacial score (nSPS) is 11.4. The molecule has 8 heteroatoms. The van der Waals surface area contributed by atoms with Crippen LogP contribution in [0.25, 0.3) is 0 Å². The Kier molecular flexibility index (Phi) is 3.35. The van der Waals surface area contributed by atoms with Crippen LogP contribution < -0.4 is 5.73 Å². The Morgan fingerprint density at radius 1 is 1.79 bits per heavy atom. The summed E-state index contributed by atoms with van der Waals surface area (Å²) in [7, 11) is 0. The zero-order chi connectivity index (χ0) is 10.6. The first-order valence-corrected chi connectivity index (χ1v) is 4.45. The molecule has 1 rings (SSSR count). The number of rotatable bonds is 4. The molecule has 0 saturated heterocycles. The average molecular weight is 216 g/mol. The number of hydrogen-bond donors (Lipinski definition) is 2. The molecule has 0 amide bonds. The summed E-state index contributed by atoms with van der Waals surface area (Å²) in [6.45, 7) is 1.97. The van der Waals surface area contributed by atoms with Crippen LogP contribution in [0.2, 0.25) is 0 Å². The molecule has 7 nitrogen and oxygen atoms in total. The predicted molar refractivity (Wildman–Crippen MR) is 50.1 cm³/mol. The number of aliphatic carboxylic acids is 1. The highest BCUT2D eigenvalue weighted by Gasteiger charge is 2.18. The van der Waals surface area contributed by atoms with Gasteiger partial charge in [0, 0.05) is 0 Å².